The molecule has 2 rings (SSSR count). The van der Waals surface area contributed by atoms with Gasteiger partial charge in [-0.05, 0) is 25.2 Å². The van der Waals surface area contributed by atoms with Gasteiger partial charge in [0.1, 0.15) is 0 Å². The van der Waals surface area contributed by atoms with Gasteiger partial charge in [0.2, 0.25) is 0 Å². The summed E-state index contributed by atoms with van der Waals surface area (Å²) in [5, 5.41) is 10.8. The summed E-state index contributed by atoms with van der Waals surface area (Å²) in [4.78, 5) is 2.18. The molecule has 0 unspecified atom stereocenters. The van der Waals surface area contributed by atoms with Gasteiger partial charge in [-0.3, -0.25) is 5.10 Å². The van der Waals surface area contributed by atoms with E-state index in [0.717, 1.165) is 19.6 Å². The second-order valence-electron chi connectivity index (χ2n) is 7.18. The van der Waals surface area contributed by atoms with Crippen molar-refractivity contribution in [2.75, 3.05) is 14.1 Å². The number of rotatable bonds is 6. The first-order valence-electron chi connectivity index (χ1n) is 7.82. The molecule has 2 N–H and O–H groups in total. The average Bonchev–Trinajstić information content (AvgIpc) is 2.88. The molecule has 0 aliphatic carbocycles. The van der Waals surface area contributed by atoms with Gasteiger partial charge in [0.05, 0.1) is 6.20 Å². The van der Waals surface area contributed by atoms with Crippen molar-refractivity contribution in [1.82, 2.24) is 20.4 Å². The Balaban J connectivity index is 1.88. The molecule has 120 valence electrons. The van der Waals surface area contributed by atoms with Gasteiger partial charge >= 0.3 is 0 Å². The molecule has 4 nitrogen and oxygen atoms in total. The van der Waals surface area contributed by atoms with E-state index in [1.165, 1.54) is 22.4 Å². The monoisotopic (exact) mass is 300 g/mol. The van der Waals surface area contributed by atoms with Crippen molar-refractivity contribution in [2.24, 2.45) is 0 Å². The summed E-state index contributed by atoms with van der Waals surface area (Å²) in [6, 6.07) is 8.81. The zero-order valence-corrected chi connectivity index (χ0v) is 14.4. The van der Waals surface area contributed by atoms with Crippen LogP contribution in [0, 0.1) is 0 Å². The Morgan fingerprint density at radius 2 is 1.68 bits per heavy atom. The highest BCUT2D eigenvalue weighted by atomic mass is 15.1. The fraction of sp³-hybridized carbons (Fsp3) is 0.500. The van der Waals surface area contributed by atoms with Gasteiger partial charge in [-0.1, -0.05) is 45.0 Å². The third kappa shape index (κ3) is 4.68. The van der Waals surface area contributed by atoms with Crippen molar-refractivity contribution in [2.45, 2.75) is 45.8 Å². The minimum Gasteiger partial charge on any atom is -0.308 e. The largest absolute Gasteiger partial charge is 0.308 e. The average molecular weight is 300 g/mol. The second-order valence-corrected chi connectivity index (χ2v) is 7.18. The normalized spacial score (nSPS) is 12.1. The van der Waals surface area contributed by atoms with Crippen LogP contribution in [0.4, 0.5) is 0 Å². The maximum absolute atomic E-state index is 4.18. The number of H-pyrrole nitrogens is 1. The van der Waals surface area contributed by atoms with E-state index in [2.05, 4.69) is 79.5 Å². The van der Waals surface area contributed by atoms with Crippen molar-refractivity contribution >= 4 is 0 Å². The third-order valence-electron chi connectivity index (χ3n) is 3.63. The first kappa shape index (κ1) is 16.7. The maximum atomic E-state index is 4.18. The van der Waals surface area contributed by atoms with Gasteiger partial charge in [-0.25, -0.2) is 0 Å². The zero-order chi connectivity index (χ0) is 16.2. The van der Waals surface area contributed by atoms with Crippen molar-refractivity contribution < 1.29 is 0 Å². The van der Waals surface area contributed by atoms with Crippen LogP contribution in [0.2, 0.25) is 0 Å². The highest BCUT2D eigenvalue weighted by molar-refractivity contribution is 5.24. The van der Waals surface area contributed by atoms with E-state index >= 15 is 0 Å². The summed E-state index contributed by atoms with van der Waals surface area (Å²) in [5.41, 5.74) is 5.21. The molecule has 1 aromatic carbocycles. The molecule has 0 aliphatic heterocycles. The topological polar surface area (TPSA) is 44.0 Å². The molecule has 1 heterocycles. The summed E-state index contributed by atoms with van der Waals surface area (Å²) in [6.45, 7) is 9.30. The predicted octanol–water partition coefficient (Wildman–Crippen LogP) is 3.06. The first-order chi connectivity index (χ1) is 10.4. The van der Waals surface area contributed by atoms with Gasteiger partial charge in [0.15, 0.2) is 0 Å². The molecule has 0 saturated carbocycles. The third-order valence-corrected chi connectivity index (χ3v) is 3.63. The Kier molecular flexibility index (Phi) is 5.37. The summed E-state index contributed by atoms with van der Waals surface area (Å²) in [7, 11) is 4.18. The number of nitrogens with one attached hydrogen (secondary N) is 2. The van der Waals surface area contributed by atoms with Gasteiger partial charge in [0, 0.05) is 36.3 Å². The van der Waals surface area contributed by atoms with Gasteiger partial charge in [-0.2, -0.15) is 5.10 Å². The molecule has 0 fully saturated rings. The highest BCUT2D eigenvalue weighted by Gasteiger charge is 2.19. The smallest absolute Gasteiger partial charge is 0.0535 e. The number of benzene rings is 1. The number of nitrogens with zero attached hydrogens (tertiary/aromatic N) is 2. The van der Waals surface area contributed by atoms with Crippen LogP contribution in [-0.2, 0) is 25.0 Å². The van der Waals surface area contributed by atoms with E-state index in [1.807, 2.05) is 6.20 Å². The van der Waals surface area contributed by atoms with Crippen molar-refractivity contribution in [3.8, 4) is 0 Å². The lowest BCUT2D eigenvalue weighted by atomic mass is 9.89. The molecule has 0 saturated heterocycles. The summed E-state index contributed by atoms with van der Waals surface area (Å²) in [5.74, 6) is 0. The Bertz CT molecular complexity index is 576. The van der Waals surface area contributed by atoms with Crippen LogP contribution < -0.4 is 5.32 Å². The molecule has 2 aromatic rings. The molecule has 0 aliphatic rings. The van der Waals surface area contributed by atoms with Crippen molar-refractivity contribution in [1.29, 1.82) is 0 Å². The van der Waals surface area contributed by atoms with Crippen LogP contribution in [0.1, 0.15) is 43.2 Å². The predicted molar refractivity (Wildman–Crippen MR) is 91.7 cm³/mol. The lowest BCUT2D eigenvalue weighted by Gasteiger charge is -2.18. The molecule has 4 heteroatoms. The van der Waals surface area contributed by atoms with Gasteiger partial charge < -0.3 is 10.2 Å². The van der Waals surface area contributed by atoms with Gasteiger partial charge in [0.25, 0.3) is 0 Å². The van der Waals surface area contributed by atoms with E-state index in [4.69, 9.17) is 0 Å². The molecule has 22 heavy (non-hydrogen) atoms. The SMILES string of the molecule is CN(C)Cc1ccc(CNCc2cn[nH]c2C(C)(C)C)cc1. The van der Waals surface area contributed by atoms with Crippen LogP contribution in [0.3, 0.4) is 0 Å². The van der Waals surface area contributed by atoms with E-state index in [0.29, 0.717) is 0 Å². The summed E-state index contributed by atoms with van der Waals surface area (Å²) >= 11 is 0. The summed E-state index contributed by atoms with van der Waals surface area (Å²) < 4.78 is 0. The highest BCUT2D eigenvalue weighted by Crippen LogP contribution is 2.23. The first-order valence-corrected chi connectivity index (χ1v) is 7.82. The number of hydrogen-bond acceptors (Lipinski definition) is 3. The number of hydrogen-bond donors (Lipinski definition) is 2. The zero-order valence-electron chi connectivity index (χ0n) is 14.4. The molecular formula is C18H28N4. The van der Waals surface area contributed by atoms with Crippen molar-refractivity contribution in [3.63, 3.8) is 0 Å². The van der Waals surface area contributed by atoms with E-state index in [1.54, 1.807) is 0 Å². The maximum Gasteiger partial charge on any atom is 0.0535 e. The summed E-state index contributed by atoms with van der Waals surface area (Å²) in [6.07, 6.45) is 1.92. The molecule has 1 aromatic heterocycles. The van der Waals surface area contributed by atoms with Crippen molar-refractivity contribution in [3.05, 3.63) is 52.8 Å². The Labute approximate surface area is 133 Å². The molecular weight excluding hydrogens is 272 g/mol. The Morgan fingerprint density at radius 3 is 2.27 bits per heavy atom. The lowest BCUT2D eigenvalue weighted by molar-refractivity contribution is 0.402. The van der Waals surface area contributed by atoms with Crippen LogP contribution >= 0.6 is 0 Å². The van der Waals surface area contributed by atoms with Crippen LogP contribution in [0.25, 0.3) is 0 Å². The molecule has 0 radical (unpaired) electrons. The lowest BCUT2D eigenvalue weighted by Crippen LogP contribution is -2.19. The standard InChI is InChI=1S/C18H28N4/c1-18(2,3)17-16(12-20-21-17)11-19-10-14-6-8-15(9-7-14)13-22(4)5/h6-9,12,19H,10-11,13H2,1-5H3,(H,20,21). The van der Waals surface area contributed by atoms with E-state index in [-0.39, 0.29) is 5.41 Å². The molecule has 0 spiro atoms. The Hall–Kier alpha value is -1.65. The van der Waals surface area contributed by atoms with E-state index < -0.39 is 0 Å². The fourth-order valence-electron chi connectivity index (χ4n) is 2.56. The van der Waals surface area contributed by atoms with Gasteiger partial charge in [-0.15, -0.1) is 0 Å². The molecule has 0 atom stereocenters. The minimum atomic E-state index is 0.0986. The Morgan fingerprint density at radius 1 is 1.05 bits per heavy atom. The molecule has 0 amide bonds. The minimum absolute atomic E-state index is 0.0986. The fourth-order valence-corrected chi connectivity index (χ4v) is 2.56. The van der Waals surface area contributed by atoms with E-state index in [9.17, 15) is 0 Å². The van der Waals surface area contributed by atoms with Crippen LogP contribution in [0.5, 0.6) is 0 Å². The quantitative estimate of drug-likeness (QED) is 0.862. The molecule has 0 bridgehead atoms. The second kappa shape index (κ2) is 7.07. The van der Waals surface area contributed by atoms with Crippen LogP contribution in [0.15, 0.2) is 30.5 Å². The van der Waals surface area contributed by atoms with Crippen LogP contribution in [-0.4, -0.2) is 29.2 Å². The number of aromatic amines is 1. The number of aromatic nitrogens is 2.